The van der Waals surface area contributed by atoms with Crippen LogP contribution >= 0.6 is 0 Å². The Labute approximate surface area is 121 Å². The summed E-state index contributed by atoms with van der Waals surface area (Å²) in [4.78, 5) is 15.3. The molecule has 0 aliphatic heterocycles. The molecule has 0 fully saturated rings. The van der Waals surface area contributed by atoms with Gasteiger partial charge in [-0.3, -0.25) is 4.98 Å². The SMILES string of the molecule is O=C(O)c1oc2ccccc2c1CNCc1ccncc1. The predicted octanol–water partition coefficient (Wildman–Crippen LogP) is 2.82. The molecule has 2 aromatic heterocycles. The summed E-state index contributed by atoms with van der Waals surface area (Å²) in [6.45, 7) is 1.07. The minimum absolute atomic E-state index is 0.00146. The highest BCUT2D eigenvalue weighted by Gasteiger charge is 2.18. The zero-order chi connectivity index (χ0) is 14.7. The summed E-state index contributed by atoms with van der Waals surface area (Å²) < 4.78 is 5.41. The first-order chi connectivity index (χ1) is 10.3. The Morgan fingerprint density at radius 2 is 1.90 bits per heavy atom. The van der Waals surface area contributed by atoms with E-state index >= 15 is 0 Å². The third-order valence-electron chi connectivity index (χ3n) is 3.27. The van der Waals surface area contributed by atoms with E-state index < -0.39 is 5.97 Å². The summed E-state index contributed by atoms with van der Waals surface area (Å²) in [6.07, 6.45) is 3.46. The summed E-state index contributed by atoms with van der Waals surface area (Å²) in [5.41, 5.74) is 2.36. The zero-order valence-corrected chi connectivity index (χ0v) is 11.2. The molecule has 3 aromatic rings. The molecule has 0 aliphatic rings. The van der Waals surface area contributed by atoms with E-state index in [9.17, 15) is 9.90 Å². The lowest BCUT2D eigenvalue weighted by Crippen LogP contribution is -2.14. The molecule has 5 heteroatoms. The maximum atomic E-state index is 11.3. The van der Waals surface area contributed by atoms with Crippen LogP contribution in [0.1, 0.15) is 21.7 Å². The van der Waals surface area contributed by atoms with Crippen LogP contribution in [0.4, 0.5) is 0 Å². The van der Waals surface area contributed by atoms with E-state index in [0.29, 0.717) is 24.2 Å². The van der Waals surface area contributed by atoms with Crippen molar-refractivity contribution in [3.8, 4) is 0 Å². The van der Waals surface area contributed by atoms with Crippen LogP contribution in [0, 0.1) is 0 Å². The number of pyridine rings is 1. The van der Waals surface area contributed by atoms with E-state index in [1.165, 1.54) is 0 Å². The number of aromatic nitrogens is 1. The van der Waals surface area contributed by atoms with Crippen molar-refractivity contribution < 1.29 is 14.3 Å². The minimum atomic E-state index is -1.05. The molecular formula is C16H14N2O3. The van der Waals surface area contributed by atoms with E-state index in [1.807, 2.05) is 30.3 Å². The number of benzene rings is 1. The van der Waals surface area contributed by atoms with Crippen LogP contribution in [0.5, 0.6) is 0 Å². The Hall–Kier alpha value is -2.66. The third kappa shape index (κ3) is 2.78. The van der Waals surface area contributed by atoms with Gasteiger partial charge in [0.25, 0.3) is 0 Å². The number of nitrogens with one attached hydrogen (secondary N) is 1. The average Bonchev–Trinajstić information content (AvgIpc) is 2.88. The van der Waals surface area contributed by atoms with Gasteiger partial charge in [-0.25, -0.2) is 4.79 Å². The molecule has 0 saturated heterocycles. The van der Waals surface area contributed by atoms with E-state index in [-0.39, 0.29) is 5.76 Å². The predicted molar refractivity (Wildman–Crippen MR) is 78.0 cm³/mol. The molecule has 0 spiro atoms. The van der Waals surface area contributed by atoms with E-state index in [4.69, 9.17) is 4.42 Å². The van der Waals surface area contributed by atoms with E-state index in [2.05, 4.69) is 10.3 Å². The fourth-order valence-corrected chi connectivity index (χ4v) is 2.28. The number of furan rings is 1. The lowest BCUT2D eigenvalue weighted by molar-refractivity contribution is 0.0663. The molecule has 1 aromatic carbocycles. The molecular weight excluding hydrogens is 268 g/mol. The van der Waals surface area contributed by atoms with Crippen LogP contribution in [-0.2, 0) is 13.1 Å². The van der Waals surface area contributed by atoms with Gasteiger partial charge in [0.15, 0.2) is 0 Å². The molecule has 3 rings (SSSR count). The van der Waals surface area contributed by atoms with Crippen molar-refractivity contribution in [3.63, 3.8) is 0 Å². The first-order valence-electron chi connectivity index (χ1n) is 6.59. The van der Waals surface area contributed by atoms with Crippen LogP contribution in [0.2, 0.25) is 0 Å². The molecule has 2 N–H and O–H groups in total. The molecule has 5 nitrogen and oxygen atoms in total. The van der Waals surface area contributed by atoms with Crippen LogP contribution in [0.3, 0.4) is 0 Å². The lowest BCUT2D eigenvalue weighted by atomic mass is 10.1. The van der Waals surface area contributed by atoms with Gasteiger partial charge in [-0.2, -0.15) is 0 Å². The maximum absolute atomic E-state index is 11.3. The molecule has 0 bridgehead atoms. The van der Waals surface area contributed by atoms with Crippen molar-refractivity contribution in [2.24, 2.45) is 0 Å². The van der Waals surface area contributed by atoms with Crippen LogP contribution in [-0.4, -0.2) is 16.1 Å². The number of para-hydroxylation sites is 1. The summed E-state index contributed by atoms with van der Waals surface area (Å²) in [5, 5.41) is 13.3. The third-order valence-corrected chi connectivity index (χ3v) is 3.27. The molecule has 0 radical (unpaired) electrons. The number of carbonyl (C=O) groups is 1. The number of aromatic carboxylic acids is 1. The second-order valence-electron chi connectivity index (χ2n) is 4.67. The van der Waals surface area contributed by atoms with Gasteiger partial charge in [-0.05, 0) is 23.8 Å². The van der Waals surface area contributed by atoms with Crippen LogP contribution in [0.25, 0.3) is 11.0 Å². The Morgan fingerprint density at radius 1 is 1.14 bits per heavy atom. The van der Waals surface area contributed by atoms with Crippen LogP contribution in [0.15, 0.2) is 53.2 Å². The molecule has 0 saturated carbocycles. The summed E-state index contributed by atoms with van der Waals surface area (Å²) >= 11 is 0. The minimum Gasteiger partial charge on any atom is -0.475 e. The normalized spacial score (nSPS) is 10.9. The summed E-state index contributed by atoms with van der Waals surface area (Å²) in [6, 6.07) is 11.2. The Bertz CT molecular complexity index is 766. The van der Waals surface area contributed by atoms with Gasteiger partial charge >= 0.3 is 5.97 Å². The fourth-order valence-electron chi connectivity index (χ4n) is 2.28. The van der Waals surface area contributed by atoms with E-state index in [0.717, 1.165) is 10.9 Å². The highest BCUT2D eigenvalue weighted by molar-refractivity contribution is 5.95. The smallest absolute Gasteiger partial charge is 0.372 e. The topological polar surface area (TPSA) is 75.4 Å². The highest BCUT2D eigenvalue weighted by Crippen LogP contribution is 2.25. The molecule has 21 heavy (non-hydrogen) atoms. The Morgan fingerprint density at radius 3 is 2.67 bits per heavy atom. The second-order valence-corrected chi connectivity index (χ2v) is 4.67. The van der Waals surface area contributed by atoms with Gasteiger partial charge in [0.05, 0.1) is 0 Å². The number of carboxylic acid groups (broad SMARTS) is 1. The van der Waals surface area contributed by atoms with Crippen molar-refractivity contribution >= 4 is 16.9 Å². The maximum Gasteiger partial charge on any atom is 0.372 e. The van der Waals surface area contributed by atoms with Gasteiger partial charge in [0.2, 0.25) is 5.76 Å². The largest absolute Gasteiger partial charge is 0.475 e. The molecule has 0 unspecified atom stereocenters. The molecule has 0 amide bonds. The van der Waals surface area contributed by atoms with Gasteiger partial charge in [0, 0.05) is 36.4 Å². The van der Waals surface area contributed by atoms with Crippen LogP contribution < -0.4 is 5.32 Å². The van der Waals surface area contributed by atoms with Crippen molar-refractivity contribution in [1.82, 2.24) is 10.3 Å². The molecule has 0 aliphatic carbocycles. The number of rotatable bonds is 5. The van der Waals surface area contributed by atoms with Crippen molar-refractivity contribution in [1.29, 1.82) is 0 Å². The fraction of sp³-hybridized carbons (Fsp3) is 0.125. The quantitative estimate of drug-likeness (QED) is 0.752. The number of nitrogens with zero attached hydrogens (tertiary/aromatic N) is 1. The lowest BCUT2D eigenvalue weighted by Gasteiger charge is -2.04. The number of hydrogen-bond donors (Lipinski definition) is 2. The molecule has 106 valence electrons. The number of hydrogen-bond acceptors (Lipinski definition) is 4. The van der Waals surface area contributed by atoms with Gasteiger partial charge < -0.3 is 14.8 Å². The van der Waals surface area contributed by atoms with Crippen molar-refractivity contribution in [3.05, 3.63) is 65.7 Å². The molecule has 0 atom stereocenters. The Balaban J connectivity index is 1.82. The number of fused-ring (bicyclic) bond motifs is 1. The van der Waals surface area contributed by atoms with Crippen molar-refractivity contribution in [2.45, 2.75) is 13.1 Å². The monoisotopic (exact) mass is 282 g/mol. The Kier molecular flexibility index (Phi) is 3.66. The first-order valence-corrected chi connectivity index (χ1v) is 6.59. The standard InChI is InChI=1S/C16H14N2O3/c19-16(20)15-13(12-3-1-2-4-14(12)21-15)10-18-9-11-5-7-17-8-6-11/h1-8,18H,9-10H2,(H,19,20). The second kappa shape index (κ2) is 5.76. The number of carboxylic acids is 1. The summed E-state index contributed by atoms with van der Waals surface area (Å²) in [7, 11) is 0. The van der Waals surface area contributed by atoms with Gasteiger partial charge in [0.1, 0.15) is 5.58 Å². The van der Waals surface area contributed by atoms with Crippen molar-refractivity contribution in [2.75, 3.05) is 0 Å². The van der Waals surface area contributed by atoms with E-state index in [1.54, 1.807) is 18.5 Å². The summed E-state index contributed by atoms with van der Waals surface area (Å²) in [5.74, 6) is -1.05. The average molecular weight is 282 g/mol. The first kappa shape index (κ1) is 13.3. The highest BCUT2D eigenvalue weighted by atomic mass is 16.4. The zero-order valence-electron chi connectivity index (χ0n) is 11.2. The van der Waals surface area contributed by atoms with Gasteiger partial charge in [-0.1, -0.05) is 18.2 Å². The van der Waals surface area contributed by atoms with Gasteiger partial charge in [-0.15, -0.1) is 0 Å². The molecule has 2 heterocycles.